The topological polar surface area (TPSA) is 65.1 Å². The van der Waals surface area contributed by atoms with Gasteiger partial charge in [0.15, 0.2) is 5.78 Å². The molecule has 0 aromatic heterocycles. The first-order valence-electron chi connectivity index (χ1n) is 8.34. The first-order chi connectivity index (χ1) is 10.5. The average Bonchev–Trinajstić information content (AvgIpc) is 3.16. The molecule has 3 atom stereocenters. The molecule has 0 bridgehead atoms. The van der Waals surface area contributed by atoms with Crippen molar-refractivity contribution in [3.8, 4) is 0 Å². The Balaban J connectivity index is 1.84. The van der Waals surface area contributed by atoms with Gasteiger partial charge in [-0.25, -0.2) is 4.79 Å². The first kappa shape index (κ1) is 16.7. The molecule has 1 saturated carbocycles. The molecular weight excluding hydrogens is 298 g/mol. The van der Waals surface area contributed by atoms with E-state index in [4.69, 9.17) is 14.2 Å². The SMILES string of the molecule is CC1O[C@@H]2CN(C(=O)OC(C)(C)C)C3(CC3)C(=O)[C@H]2OC1(C)C. The molecular formula is C17H27NO5. The van der Waals surface area contributed by atoms with Crippen molar-refractivity contribution in [3.05, 3.63) is 0 Å². The second kappa shape index (κ2) is 4.93. The van der Waals surface area contributed by atoms with Gasteiger partial charge in [0.2, 0.25) is 0 Å². The van der Waals surface area contributed by atoms with Crippen LogP contribution in [-0.4, -0.2) is 58.4 Å². The highest BCUT2D eigenvalue weighted by Gasteiger charge is 2.65. The largest absolute Gasteiger partial charge is 0.444 e. The Labute approximate surface area is 137 Å². The smallest absolute Gasteiger partial charge is 0.411 e. The number of hydrogen-bond donors (Lipinski definition) is 0. The summed E-state index contributed by atoms with van der Waals surface area (Å²) in [6.45, 7) is 11.6. The van der Waals surface area contributed by atoms with Gasteiger partial charge in [-0.1, -0.05) is 0 Å². The zero-order valence-electron chi connectivity index (χ0n) is 14.8. The average molecular weight is 325 g/mol. The van der Waals surface area contributed by atoms with Gasteiger partial charge in [-0.05, 0) is 54.4 Å². The van der Waals surface area contributed by atoms with E-state index in [0.29, 0.717) is 19.4 Å². The molecule has 2 heterocycles. The van der Waals surface area contributed by atoms with E-state index in [1.54, 1.807) is 4.90 Å². The summed E-state index contributed by atoms with van der Waals surface area (Å²) >= 11 is 0. The normalized spacial score (nSPS) is 35.0. The van der Waals surface area contributed by atoms with Gasteiger partial charge in [0.1, 0.15) is 23.3 Å². The minimum absolute atomic E-state index is 0.0421. The van der Waals surface area contributed by atoms with E-state index in [1.165, 1.54) is 0 Å². The molecule has 0 aromatic carbocycles. The number of ether oxygens (including phenoxy) is 3. The third-order valence-corrected chi connectivity index (χ3v) is 5.06. The van der Waals surface area contributed by atoms with Crippen molar-refractivity contribution < 1.29 is 23.8 Å². The summed E-state index contributed by atoms with van der Waals surface area (Å²) in [4.78, 5) is 27.1. The molecule has 1 amide bonds. The second-order valence-corrected chi connectivity index (χ2v) is 8.45. The van der Waals surface area contributed by atoms with Crippen LogP contribution in [0.2, 0.25) is 0 Å². The van der Waals surface area contributed by atoms with Crippen molar-refractivity contribution >= 4 is 11.9 Å². The highest BCUT2D eigenvalue weighted by atomic mass is 16.6. The van der Waals surface area contributed by atoms with Crippen molar-refractivity contribution in [3.63, 3.8) is 0 Å². The van der Waals surface area contributed by atoms with Gasteiger partial charge >= 0.3 is 6.09 Å². The Hall–Kier alpha value is -1.14. The lowest BCUT2D eigenvalue weighted by atomic mass is 9.89. The molecule has 130 valence electrons. The molecule has 1 spiro atoms. The maximum atomic E-state index is 13.0. The van der Waals surface area contributed by atoms with Gasteiger partial charge in [0.05, 0.1) is 18.2 Å². The van der Waals surface area contributed by atoms with Crippen molar-refractivity contribution in [2.45, 2.75) is 89.4 Å². The molecule has 2 saturated heterocycles. The number of hydrogen-bond acceptors (Lipinski definition) is 5. The summed E-state index contributed by atoms with van der Waals surface area (Å²) in [6.07, 6.45) is -0.263. The fraction of sp³-hybridized carbons (Fsp3) is 0.882. The molecule has 2 aliphatic heterocycles. The number of likely N-dealkylation sites (tertiary alicyclic amines) is 1. The lowest BCUT2D eigenvalue weighted by molar-refractivity contribution is -0.259. The lowest BCUT2D eigenvalue weighted by Crippen LogP contribution is -2.69. The fourth-order valence-electron chi connectivity index (χ4n) is 3.31. The van der Waals surface area contributed by atoms with E-state index in [0.717, 1.165) is 0 Å². The maximum Gasteiger partial charge on any atom is 0.411 e. The number of Topliss-reactive ketones (excluding diaryl/α,β-unsaturated/α-hetero) is 1. The van der Waals surface area contributed by atoms with Gasteiger partial charge < -0.3 is 14.2 Å². The van der Waals surface area contributed by atoms with Crippen LogP contribution >= 0.6 is 0 Å². The predicted molar refractivity (Wildman–Crippen MR) is 83.2 cm³/mol. The molecule has 0 radical (unpaired) electrons. The molecule has 1 aliphatic carbocycles. The van der Waals surface area contributed by atoms with Crippen LogP contribution in [0.25, 0.3) is 0 Å². The Bertz CT molecular complexity index is 532. The molecule has 23 heavy (non-hydrogen) atoms. The van der Waals surface area contributed by atoms with Crippen LogP contribution in [-0.2, 0) is 19.0 Å². The summed E-state index contributed by atoms with van der Waals surface area (Å²) in [5.41, 5.74) is -1.85. The summed E-state index contributed by atoms with van der Waals surface area (Å²) in [7, 11) is 0. The summed E-state index contributed by atoms with van der Waals surface area (Å²) in [5.74, 6) is -0.0421. The van der Waals surface area contributed by atoms with Crippen LogP contribution in [0, 0.1) is 0 Å². The molecule has 0 aromatic rings. The standard InChI is InChI=1S/C17H27NO5/c1-10-16(5,6)22-12-11(21-10)9-18(14(20)23-15(2,3)4)17(7-8-17)13(12)19/h10-12H,7-9H2,1-6H3/t10?,11-,12+/m1/s1. The maximum absolute atomic E-state index is 13.0. The number of ketones is 1. The van der Waals surface area contributed by atoms with Crippen LogP contribution in [0.5, 0.6) is 0 Å². The van der Waals surface area contributed by atoms with Crippen molar-refractivity contribution in [1.29, 1.82) is 0 Å². The number of amides is 1. The monoisotopic (exact) mass is 325 g/mol. The van der Waals surface area contributed by atoms with Crippen LogP contribution in [0.4, 0.5) is 4.79 Å². The summed E-state index contributed by atoms with van der Waals surface area (Å²) < 4.78 is 17.6. The lowest BCUT2D eigenvalue weighted by Gasteiger charge is -2.51. The van der Waals surface area contributed by atoms with Crippen LogP contribution in [0.1, 0.15) is 54.4 Å². The minimum atomic E-state index is -0.747. The zero-order valence-corrected chi connectivity index (χ0v) is 14.8. The van der Waals surface area contributed by atoms with E-state index in [9.17, 15) is 9.59 Å². The van der Waals surface area contributed by atoms with Crippen LogP contribution < -0.4 is 0 Å². The van der Waals surface area contributed by atoms with Crippen molar-refractivity contribution in [2.24, 2.45) is 0 Å². The predicted octanol–water partition coefficient (Wildman–Crippen LogP) is 2.29. The van der Waals surface area contributed by atoms with Gasteiger partial charge in [0, 0.05) is 0 Å². The molecule has 1 unspecified atom stereocenters. The Morgan fingerprint density at radius 1 is 1.30 bits per heavy atom. The van der Waals surface area contributed by atoms with Crippen LogP contribution in [0.3, 0.4) is 0 Å². The number of rotatable bonds is 0. The fourth-order valence-corrected chi connectivity index (χ4v) is 3.31. The highest BCUT2D eigenvalue weighted by molar-refractivity contribution is 5.99. The van der Waals surface area contributed by atoms with Gasteiger partial charge in [-0.15, -0.1) is 0 Å². The van der Waals surface area contributed by atoms with Gasteiger partial charge in [-0.2, -0.15) is 0 Å². The highest BCUT2D eigenvalue weighted by Crippen LogP contribution is 2.49. The van der Waals surface area contributed by atoms with E-state index < -0.39 is 35.0 Å². The summed E-state index contributed by atoms with van der Waals surface area (Å²) in [6, 6.07) is 0. The van der Waals surface area contributed by atoms with Gasteiger partial charge in [-0.3, -0.25) is 9.69 Å². The van der Waals surface area contributed by atoms with Gasteiger partial charge in [0.25, 0.3) is 0 Å². The second-order valence-electron chi connectivity index (χ2n) is 8.45. The quantitative estimate of drug-likeness (QED) is 0.684. The molecule has 3 rings (SSSR count). The van der Waals surface area contributed by atoms with E-state index in [-0.39, 0.29) is 11.9 Å². The zero-order chi connectivity index (χ0) is 17.2. The minimum Gasteiger partial charge on any atom is -0.444 e. The molecule has 6 nitrogen and oxygen atoms in total. The summed E-state index contributed by atoms with van der Waals surface area (Å²) in [5, 5.41) is 0. The first-order valence-corrected chi connectivity index (χ1v) is 8.34. The third kappa shape index (κ3) is 2.76. The number of piperidine rings is 1. The number of carbonyl (C=O) groups excluding carboxylic acids is 2. The molecule has 3 fully saturated rings. The molecule has 3 aliphatic rings. The Morgan fingerprint density at radius 3 is 2.43 bits per heavy atom. The molecule has 0 N–H and O–H groups in total. The number of fused-ring (bicyclic) bond motifs is 1. The Morgan fingerprint density at radius 2 is 1.91 bits per heavy atom. The number of nitrogens with zero attached hydrogens (tertiary/aromatic N) is 1. The van der Waals surface area contributed by atoms with E-state index >= 15 is 0 Å². The Kier molecular flexibility index (Phi) is 3.58. The number of carbonyl (C=O) groups is 2. The van der Waals surface area contributed by atoms with Crippen LogP contribution in [0.15, 0.2) is 0 Å². The molecule has 6 heteroatoms. The van der Waals surface area contributed by atoms with E-state index in [1.807, 2.05) is 41.5 Å². The third-order valence-electron chi connectivity index (χ3n) is 5.06. The van der Waals surface area contributed by atoms with E-state index in [2.05, 4.69) is 0 Å². The van der Waals surface area contributed by atoms with Crippen molar-refractivity contribution in [1.82, 2.24) is 4.90 Å². The van der Waals surface area contributed by atoms with Crippen molar-refractivity contribution in [2.75, 3.05) is 6.54 Å².